The van der Waals surface area contributed by atoms with Gasteiger partial charge in [0.1, 0.15) is 0 Å². The SMILES string of the molecule is C[C@@H]1CC(C)(C)NC(=S)N1CCC(=O)N1c2ccccc2C[C@H]1C. The summed E-state index contributed by atoms with van der Waals surface area (Å²) in [6.45, 7) is 9.32. The summed E-state index contributed by atoms with van der Waals surface area (Å²) in [4.78, 5) is 17.0. The largest absolute Gasteiger partial charge is 0.358 e. The zero-order valence-corrected chi connectivity index (χ0v) is 15.8. The lowest BCUT2D eigenvalue weighted by molar-refractivity contribution is -0.119. The molecule has 1 fully saturated rings. The molecule has 2 heterocycles. The highest BCUT2D eigenvalue weighted by atomic mass is 32.1. The second-order valence-corrected chi connectivity index (χ2v) is 8.14. The lowest BCUT2D eigenvalue weighted by Gasteiger charge is -2.44. The number of hydrogen-bond acceptors (Lipinski definition) is 2. The van der Waals surface area contributed by atoms with Crippen molar-refractivity contribution >= 4 is 28.9 Å². The maximum Gasteiger partial charge on any atom is 0.229 e. The van der Waals surface area contributed by atoms with E-state index in [2.05, 4.69) is 50.0 Å². The van der Waals surface area contributed by atoms with E-state index in [1.807, 2.05) is 17.0 Å². The van der Waals surface area contributed by atoms with E-state index in [-0.39, 0.29) is 17.5 Å². The van der Waals surface area contributed by atoms with Gasteiger partial charge in [-0.3, -0.25) is 4.79 Å². The molecule has 0 radical (unpaired) electrons. The van der Waals surface area contributed by atoms with Gasteiger partial charge in [-0.15, -0.1) is 0 Å². The Morgan fingerprint density at radius 2 is 2.00 bits per heavy atom. The Kier molecular flexibility index (Phi) is 4.56. The average molecular weight is 346 g/mol. The third-order valence-electron chi connectivity index (χ3n) is 5.09. The van der Waals surface area contributed by atoms with E-state index in [1.54, 1.807) is 0 Å². The van der Waals surface area contributed by atoms with Gasteiger partial charge in [0, 0.05) is 36.3 Å². The molecule has 0 unspecified atom stereocenters. The highest BCUT2D eigenvalue weighted by molar-refractivity contribution is 7.80. The van der Waals surface area contributed by atoms with Crippen molar-refractivity contribution in [3.8, 4) is 0 Å². The minimum absolute atomic E-state index is 0.0272. The molecular formula is C19H27N3OS. The number of hydrogen-bond donors (Lipinski definition) is 1. The number of fused-ring (bicyclic) bond motifs is 1. The van der Waals surface area contributed by atoms with Crippen LogP contribution in [-0.2, 0) is 11.2 Å². The van der Waals surface area contributed by atoms with Crippen LogP contribution >= 0.6 is 12.2 Å². The van der Waals surface area contributed by atoms with Crippen LogP contribution in [0.4, 0.5) is 5.69 Å². The fraction of sp³-hybridized carbons (Fsp3) is 0.579. The van der Waals surface area contributed by atoms with E-state index >= 15 is 0 Å². The smallest absolute Gasteiger partial charge is 0.229 e. The van der Waals surface area contributed by atoms with Gasteiger partial charge in [0.2, 0.25) is 5.91 Å². The summed E-state index contributed by atoms with van der Waals surface area (Å²) in [5, 5.41) is 4.15. The van der Waals surface area contributed by atoms with Crippen molar-refractivity contribution in [3.05, 3.63) is 29.8 Å². The van der Waals surface area contributed by atoms with Crippen molar-refractivity contribution in [1.82, 2.24) is 10.2 Å². The maximum atomic E-state index is 12.8. The summed E-state index contributed by atoms with van der Waals surface area (Å²) in [5.74, 6) is 0.187. The minimum Gasteiger partial charge on any atom is -0.358 e. The Labute approximate surface area is 150 Å². The molecule has 1 aromatic rings. The van der Waals surface area contributed by atoms with E-state index in [1.165, 1.54) is 5.56 Å². The second-order valence-electron chi connectivity index (χ2n) is 7.76. The highest BCUT2D eigenvalue weighted by Crippen LogP contribution is 2.32. The van der Waals surface area contributed by atoms with Gasteiger partial charge in [0.15, 0.2) is 5.11 Å². The Morgan fingerprint density at radius 1 is 1.29 bits per heavy atom. The van der Waals surface area contributed by atoms with Gasteiger partial charge >= 0.3 is 0 Å². The lowest BCUT2D eigenvalue weighted by atomic mass is 9.93. The van der Waals surface area contributed by atoms with E-state index in [9.17, 15) is 4.79 Å². The molecule has 130 valence electrons. The Morgan fingerprint density at radius 3 is 2.71 bits per heavy atom. The molecule has 1 saturated heterocycles. The predicted molar refractivity (Wildman–Crippen MR) is 102 cm³/mol. The zero-order chi connectivity index (χ0) is 17.5. The van der Waals surface area contributed by atoms with Gasteiger partial charge in [0.05, 0.1) is 0 Å². The standard InChI is InChI=1S/C19H27N3OS/c1-13-11-15-7-5-6-8-16(15)22(13)17(23)9-10-21-14(2)12-19(3,4)20-18(21)24/h5-8,13-14H,9-12H2,1-4H3,(H,20,24)/t13-,14-/m1/s1. The van der Waals surface area contributed by atoms with Crippen molar-refractivity contribution < 1.29 is 4.79 Å². The number of para-hydroxylation sites is 1. The topological polar surface area (TPSA) is 35.6 Å². The summed E-state index contributed by atoms with van der Waals surface area (Å²) < 4.78 is 0. The van der Waals surface area contributed by atoms with E-state index < -0.39 is 0 Å². The third kappa shape index (κ3) is 3.27. The quantitative estimate of drug-likeness (QED) is 0.854. The van der Waals surface area contributed by atoms with Crippen LogP contribution in [0.25, 0.3) is 0 Å². The van der Waals surface area contributed by atoms with Crippen molar-refractivity contribution in [2.24, 2.45) is 0 Å². The first-order chi connectivity index (χ1) is 11.3. The molecule has 0 saturated carbocycles. The van der Waals surface area contributed by atoms with E-state index in [0.29, 0.717) is 19.0 Å². The number of nitrogens with one attached hydrogen (secondary N) is 1. The summed E-state index contributed by atoms with van der Waals surface area (Å²) in [6.07, 6.45) is 2.45. The molecule has 0 aliphatic carbocycles. The molecule has 0 bridgehead atoms. The lowest BCUT2D eigenvalue weighted by Crippen LogP contribution is -2.60. The summed E-state index contributed by atoms with van der Waals surface area (Å²) in [6, 6.07) is 8.80. The zero-order valence-electron chi connectivity index (χ0n) is 15.0. The van der Waals surface area contributed by atoms with Crippen molar-refractivity contribution in [2.75, 3.05) is 11.4 Å². The van der Waals surface area contributed by atoms with Crippen LogP contribution in [0.3, 0.4) is 0 Å². The van der Waals surface area contributed by atoms with Crippen LogP contribution in [-0.4, -0.2) is 40.1 Å². The number of carbonyl (C=O) groups is 1. The minimum atomic E-state index is 0.0272. The number of carbonyl (C=O) groups excluding carboxylic acids is 1. The molecular weight excluding hydrogens is 318 g/mol. The number of thiocarbonyl (C=S) groups is 1. The first-order valence-corrected chi connectivity index (χ1v) is 9.18. The molecule has 4 nitrogen and oxygen atoms in total. The molecule has 2 aliphatic heterocycles. The number of nitrogens with zero attached hydrogens (tertiary/aromatic N) is 2. The van der Waals surface area contributed by atoms with Gasteiger partial charge in [-0.2, -0.15) is 0 Å². The molecule has 24 heavy (non-hydrogen) atoms. The Hall–Kier alpha value is -1.62. The van der Waals surface area contributed by atoms with Crippen LogP contribution in [0.15, 0.2) is 24.3 Å². The first kappa shape index (κ1) is 17.2. The highest BCUT2D eigenvalue weighted by Gasteiger charge is 2.34. The van der Waals surface area contributed by atoms with Crippen LogP contribution in [0.1, 0.15) is 46.1 Å². The molecule has 1 amide bonds. The van der Waals surface area contributed by atoms with Crippen LogP contribution < -0.4 is 10.2 Å². The van der Waals surface area contributed by atoms with Crippen molar-refractivity contribution in [1.29, 1.82) is 0 Å². The molecule has 1 N–H and O–H groups in total. The number of benzene rings is 1. The molecule has 0 aromatic heterocycles. The van der Waals surface area contributed by atoms with Crippen LogP contribution in [0.2, 0.25) is 0 Å². The molecule has 0 spiro atoms. The first-order valence-electron chi connectivity index (χ1n) is 8.77. The monoisotopic (exact) mass is 345 g/mol. The van der Waals surface area contributed by atoms with Crippen LogP contribution in [0, 0.1) is 0 Å². The van der Waals surface area contributed by atoms with Crippen molar-refractivity contribution in [3.63, 3.8) is 0 Å². The Balaban J connectivity index is 1.65. The number of amides is 1. The number of anilines is 1. The summed E-state index contributed by atoms with van der Waals surface area (Å²) >= 11 is 5.52. The molecule has 1 aromatic carbocycles. The van der Waals surface area contributed by atoms with Gasteiger partial charge in [-0.25, -0.2) is 0 Å². The average Bonchev–Trinajstić information content (AvgIpc) is 2.80. The van der Waals surface area contributed by atoms with E-state index in [4.69, 9.17) is 12.2 Å². The molecule has 5 heteroatoms. The van der Waals surface area contributed by atoms with Gasteiger partial charge in [-0.1, -0.05) is 18.2 Å². The molecule has 2 atom stereocenters. The number of rotatable bonds is 3. The fourth-order valence-electron chi connectivity index (χ4n) is 4.07. The van der Waals surface area contributed by atoms with Gasteiger partial charge in [0.25, 0.3) is 0 Å². The summed E-state index contributed by atoms with van der Waals surface area (Å²) in [7, 11) is 0. The fourth-order valence-corrected chi connectivity index (χ4v) is 4.61. The second kappa shape index (κ2) is 6.36. The van der Waals surface area contributed by atoms with Gasteiger partial charge in [-0.05, 0) is 64.4 Å². The molecule has 2 aliphatic rings. The maximum absolute atomic E-state index is 12.8. The summed E-state index contributed by atoms with van der Waals surface area (Å²) in [5.41, 5.74) is 2.37. The Bertz CT molecular complexity index is 658. The predicted octanol–water partition coefficient (Wildman–Crippen LogP) is 3.10. The third-order valence-corrected chi connectivity index (χ3v) is 5.42. The van der Waals surface area contributed by atoms with E-state index in [0.717, 1.165) is 23.6 Å². The molecule has 3 rings (SSSR count). The van der Waals surface area contributed by atoms with Gasteiger partial charge < -0.3 is 15.1 Å². The van der Waals surface area contributed by atoms with Crippen molar-refractivity contribution in [2.45, 2.75) is 64.6 Å². The normalized spacial score (nSPS) is 25.4. The van der Waals surface area contributed by atoms with Crippen LogP contribution in [0.5, 0.6) is 0 Å².